The van der Waals surface area contributed by atoms with E-state index in [1.54, 1.807) is 0 Å². The molecule has 2 N–H and O–H groups in total. The van der Waals surface area contributed by atoms with Crippen LogP contribution in [0.5, 0.6) is 0 Å². The van der Waals surface area contributed by atoms with Gasteiger partial charge in [-0.3, -0.25) is 0 Å². The first-order valence-electron chi connectivity index (χ1n) is 7.97. The van der Waals surface area contributed by atoms with E-state index < -0.39 is 0 Å². The Morgan fingerprint density at radius 3 is 2.50 bits per heavy atom. The number of carbonyl (C=O) groups is 1. The normalized spacial score (nSPS) is 12.0. The van der Waals surface area contributed by atoms with Crippen molar-refractivity contribution in [3.05, 3.63) is 64.7 Å². The summed E-state index contributed by atoms with van der Waals surface area (Å²) in [6, 6.07) is 14.7. The van der Waals surface area contributed by atoms with Gasteiger partial charge in [-0.15, -0.1) is 0 Å². The van der Waals surface area contributed by atoms with Gasteiger partial charge in [0.25, 0.3) is 0 Å². The molecule has 2 amide bonds. The van der Waals surface area contributed by atoms with Crippen LogP contribution in [-0.4, -0.2) is 12.1 Å². The van der Waals surface area contributed by atoms with Crippen LogP contribution in [0, 0.1) is 0 Å². The number of anilines is 1. The molecule has 24 heavy (non-hydrogen) atoms. The average molecular weight is 347 g/mol. The smallest absolute Gasteiger partial charge is 0.319 e. The minimum Gasteiger partial charge on any atom is -0.374 e. The zero-order valence-corrected chi connectivity index (χ0v) is 14.9. The fourth-order valence-corrected chi connectivity index (χ4v) is 2.33. The number of rotatable bonds is 6. The standard InChI is InChI=1S/C19H23ClN2O2/c1-13(2)24-12-15-5-4-6-18(11-15)22-19(23)21-14(3)16-7-9-17(20)10-8-16/h4-11,13-14H,12H2,1-3H3,(H2,21,22,23). The van der Waals surface area contributed by atoms with Gasteiger partial charge in [0.1, 0.15) is 0 Å². The molecule has 0 bridgehead atoms. The molecule has 0 spiro atoms. The highest BCUT2D eigenvalue weighted by Crippen LogP contribution is 2.17. The number of halogens is 1. The number of benzene rings is 2. The second kappa shape index (κ2) is 8.71. The van der Waals surface area contributed by atoms with Crippen molar-refractivity contribution in [3.63, 3.8) is 0 Å². The maximum absolute atomic E-state index is 12.2. The summed E-state index contributed by atoms with van der Waals surface area (Å²) in [5.41, 5.74) is 2.75. The Kier molecular flexibility index (Phi) is 6.64. The Morgan fingerprint density at radius 2 is 1.83 bits per heavy atom. The van der Waals surface area contributed by atoms with Crippen molar-refractivity contribution in [3.8, 4) is 0 Å². The zero-order valence-electron chi connectivity index (χ0n) is 14.2. The van der Waals surface area contributed by atoms with Crippen LogP contribution in [0.3, 0.4) is 0 Å². The molecule has 0 aromatic heterocycles. The third-order valence-corrected chi connectivity index (χ3v) is 3.74. The van der Waals surface area contributed by atoms with Crippen LogP contribution < -0.4 is 10.6 Å². The Hall–Kier alpha value is -2.04. The highest BCUT2D eigenvalue weighted by molar-refractivity contribution is 6.30. The molecule has 5 heteroatoms. The van der Waals surface area contributed by atoms with Gasteiger partial charge in [0.2, 0.25) is 0 Å². The van der Waals surface area contributed by atoms with Crippen molar-refractivity contribution in [1.29, 1.82) is 0 Å². The van der Waals surface area contributed by atoms with E-state index in [0.29, 0.717) is 11.6 Å². The summed E-state index contributed by atoms with van der Waals surface area (Å²) in [6.07, 6.45) is 0.171. The lowest BCUT2D eigenvalue weighted by Gasteiger charge is -2.15. The number of ether oxygens (including phenoxy) is 1. The Bertz CT molecular complexity index is 671. The van der Waals surface area contributed by atoms with Gasteiger partial charge in [0.15, 0.2) is 0 Å². The molecule has 0 saturated carbocycles. The van der Waals surface area contributed by atoms with E-state index in [1.165, 1.54) is 0 Å². The van der Waals surface area contributed by atoms with Gasteiger partial charge in [0, 0.05) is 10.7 Å². The van der Waals surface area contributed by atoms with Crippen LogP contribution in [0.2, 0.25) is 5.02 Å². The number of nitrogens with one attached hydrogen (secondary N) is 2. The zero-order chi connectivity index (χ0) is 17.5. The predicted octanol–water partition coefficient (Wildman–Crippen LogP) is 5.15. The van der Waals surface area contributed by atoms with E-state index in [4.69, 9.17) is 16.3 Å². The van der Waals surface area contributed by atoms with Gasteiger partial charge in [0.05, 0.1) is 18.8 Å². The van der Waals surface area contributed by atoms with Crippen LogP contribution in [0.25, 0.3) is 0 Å². The largest absolute Gasteiger partial charge is 0.374 e. The Morgan fingerprint density at radius 1 is 1.12 bits per heavy atom. The molecule has 128 valence electrons. The molecule has 2 aromatic rings. The third kappa shape index (κ3) is 5.87. The van der Waals surface area contributed by atoms with E-state index >= 15 is 0 Å². The number of hydrogen-bond donors (Lipinski definition) is 2. The van der Waals surface area contributed by atoms with Crippen LogP contribution >= 0.6 is 11.6 Å². The van der Waals surface area contributed by atoms with Crippen molar-refractivity contribution in [2.75, 3.05) is 5.32 Å². The predicted molar refractivity (Wildman–Crippen MR) is 98.4 cm³/mol. The van der Waals surface area contributed by atoms with Gasteiger partial charge in [-0.2, -0.15) is 0 Å². The highest BCUT2D eigenvalue weighted by Gasteiger charge is 2.10. The molecule has 0 fully saturated rings. The topological polar surface area (TPSA) is 50.4 Å². The molecule has 0 aliphatic rings. The van der Waals surface area contributed by atoms with E-state index in [1.807, 2.05) is 69.3 Å². The first-order chi connectivity index (χ1) is 11.4. The first kappa shape index (κ1) is 18.3. The molecule has 0 aliphatic heterocycles. The second-order valence-electron chi connectivity index (χ2n) is 5.93. The summed E-state index contributed by atoms with van der Waals surface area (Å²) in [7, 11) is 0. The third-order valence-electron chi connectivity index (χ3n) is 3.49. The van der Waals surface area contributed by atoms with Crippen LogP contribution in [0.1, 0.15) is 37.9 Å². The fourth-order valence-electron chi connectivity index (χ4n) is 2.20. The number of amides is 2. The lowest BCUT2D eigenvalue weighted by Crippen LogP contribution is -2.31. The lowest BCUT2D eigenvalue weighted by molar-refractivity contribution is 0.0657. The Labute approximate surface area is 148 Å². The number of hydrogen-bond acceptors (Lipinski definition) is 2. The van der Waals surface area contributed by atoms with Gasteiger partial charge in [-0.05, 0) is 56.2 Å². The van der Waals surface area contributed by atoms with Gasteiger partial charge in [-0.25, -0.2) is 4.79 Å². The van der Waals surface area contributed by atoms with Crippen LogP contribution in [0.15, 0.2) is 48.5 Å². The monoisotopic (exact) mass is 346 g/mol. The maximum Gasteiger partial charge on any atom is 0.319 e. The minimum atomic E-state index is -0.251. The quantitative estimate of drug-likeness (QED) is 0.760. The molecule has 0 saturated heterocycles. The van der Waals surface area contributed by atoms with Crippen LogP contribution in [-0.2, 0) is 11.3 Å². The fraction of sp³-hybridized carbons (Fsp3) is 0.316. The second-order valence-corrected chi connectivity index (χ2v) is 6.37. The molecule has 0 aliphatic carbocycles. The highest BCUT2D eigenvalue weighted by atomic mass is 35.5. The molecule has 2 rings (SSSR count). The van der Waals surface area contributed by atoms with Crippen molar-refractivity contribution in [1.82, 2.24) is 5.32 Å². The molecule has 1 atom stereocenters. The molecule has 1 unspecified atom stereocenters. The van der Waals surface area contributed by atoms with E-state index in [0.717, 1.165) is 16.8 Å². The lowest BCUT2D eigenvalue weighted by atomic mass is 10.1. The van der Waals surface area contributed by atoms with Crippen molar-refractivity contribution < 1.29 is 9.53 Å². The summed E-state index contributed by atoms with van der Waals surface area (Å²) in [5, 5.41) is 6.44. The van der Waals surface area contributed by atoms with Crippen molar-refractivity contribution >= 4 is 23.3 Å². The molecule has 0 radical (unpaired) electrons. The summed E-state index contributed by atoms with van der Waals surface area (Å²) < 4.78 is 5.58. The summed E-state index contributed by atoms with van der Waals surface area (Å²) in [5.74, 6) is 0. The number of carbonyl (C=O) groups excluding carboxylic acids is 1. The first-order valence-corrected chi connectivity index (χ1v) is 8.35. The molecule has 4 nitrogen and oxygen atoms in total. The molecule has 0 heterocycles. The molecular weight excluding hydrogens is 324 g/mol. The SMILES string of the molecule is CC(C)OCc1cccc(NC(=O)NC(C)c2ccc(Cl)cc2)c1. The van der Waals surface area contributed by atoms with Crippen LogP contribution in [0.4, 0.5) is 10.5 Å². The summed E-state index contributed by atoms with van der Waals surface area (Å²) >= 11 is 5.88. The Balaban J connectivity index is 1.92. The molecular formula is C19H23ClN2O2. The van der Waals surface area contributed by atoms with E-state index in [-0.39, 0.29) is 18.2 Å². The van der Waals surface area contributed by atoms with E-state index in [2.05, 4.69) is 10.6 Å². The number of urea groups is 1. The minimum absolute atomic E-state index is 0.116. The van der Waals surface area contributed by atoms with Gasteiger partial charge < -0.3 is 15.4 Å². The van der Waals surface area contributed by atoms with Crippen molar-refractivity contribution in [2.45, 2.75) is 39.5 Å². The van der Waals surface area contributed by atoms with E-state index in [9.17, 15) is 4.79 Å². The van der Waals surface area contributed by atoms with Gasteiger partial charge >= 0.3 is 6.03 Å². The summed E-state index contributed by atoms with van der Waals surface area (Å²) in [4.78, 5) is 12.2. The maximum atomic E-state index is 12.2. The molecule has 2 aromatic carbocycles. The van der Waals surface area contributed by atoms with Gasteiger partial charge in [-0.1, -0.05) is 35.9 Å². The summed E-state index contributed by atoms with van der Waals surface area (Å²) in [6.45, 7) is 6.44. The average Bonchev–Trinajstić information content (AvgIpc) is 2.53. The van der Waals surface area contributed by atoms with Crippen molar-refractivity contribution in [2.24, 2.45) is 0 Å².